The Morgan fingerprint density at radius 3 is 2.93 bits per heavy atom. The predicted molar refractivity (Wildman–Crippen MR) is 53.9 cm³/mol. The van der Waals surface area contributed by atoms with E-state index in [9.17, 15) is 0 Å². The molecule has 2 aromatic rings. The van der Waals surface area contributed by atoms with E-state index in [1.165, 1.54) is 0 Å². The highest BCUT2D eigenvalue weighted by molar-refractivity contribution is 5.69. The van der Waals surface area contributed by atoms with Crippen LogP contribution in [0, 0.1) is 0 Å². The molecule has 1 N–H and O–H groups in total. The van der Waals surface area contributed by atoms with Crippen molar-refractivity contribution in [1.29, 1.82) is 0 Å². The molecule has 0 radical (unpaired) electrons. The summed E-state index contributed by atoms with van der Waals surface area (Å²) in [7, 11) is 0. The Kier molecular flexibility index (Phi) is 2.44. The van der Waals surface area contributed by atoms with Crippen molar-refractivity contribution >= 4 is 5.82 Å². The van der Waals surface area contributed by atoms with Crippen molar-refractivity contribution in [2.24, 2.45) is 0 Å². The van der Waals surface area contributed by atoms with Gasteiger partial charge in [-0.2, -0.15) is 0 Å². The Bertz CT molecular complexity index is 398. The van der Waals surface area contributed by atoms with Gasteiger partial charge >= 0.3 is 0 Å². The largest absolute Gasteiger partial charge is 0.472 e. The standard InChI is InChI=1S/C10H11N3O/c1-2-11-10-9(12-4-5-13-10)8-3-6-14-7-8/h3-7H,2H2,1H3,(H,11,13). The topological polar surface area (TPSA) is 51.0 Å². The highest BCUT2D eigenvalue weighted by atomic mass is 16.3. The van der Waals surface area contributed by atoms with Gasteiger partial charge in [0.15, 0.2) is 5.82 Å². The lowest BCUT2D eigenvalue weighted by Gasteiger charge is -2.05. The van der Waals surface area contributed by atoms with Crippen LogP contribution in [-0.2, 0) is 0 Å². The number of hydrogen-bond acceptors (Lipinski definition) is 4. The molecule has 0 bridgehead atoms. The average molecular weight is 189 g/mol. The van der Waals surface area contributed by atoms with Gasteiger partial charge in [-0.15, -0.1) is 0 Å². The molecule has 72 valence electrons. The van der Waals surface area contributed by atoms with E-state index in [-0.39, 0.29) is 0 Å². The van der Waals surface area contributed by atoms with E-state index in [0.717, 1.165) is 23.6 Å². The summed E-state index contributed by atoms with van der Waals surface area (Å²) in [5.41, 5.74) is 1.76. The number of nitrogens with zero attached hydrogens (tertiary/aromatic N) is 2. The van der Waals surface area contributed by atoms with Crippen LogP contribution < -0.4 is 5.32 Å². The first-order valence-corrected chi connectivity index (χ1v) is 4.49. The van der Waals surface area contributed by atoms with E-state index in [4.69, 9.17) is 4.42 Å². The van der Waals surface area contributed by atoms with Gasteiger partial charge in [-0.1, -0.05) is 0 Å². The van der Waals surface area contributed by atoms with Crippen molar-refractivity contribution < 1.29 is 4.42 Å². The van der Waals surface area contributed by atoms with E-state index in [2.05, 4.69) is 15.3 Å². The monoisotopic (exact) mass is 189 g/mol. The molecule has 0 saturated heterocycles. The average Bonchev–Trinajstić information content (AvgIpc) is 2.72. The zero-order valence-electron chi connectivity index (χ0n) is 7.90. The van der Waals surface area contributed by atoms with Crippen LogP contribution in [0.4, 0.5) is 5.82 Å². The van der Waals surface area contributed by atoms with Gasteiger partial charge in [0.25, 0.3) is 0 Å². The molecule has 0 unspecified atom stereocenters. The molecule has 2 rings (SSSR count). The molecule has 2 heterocycles. The summed E-state index contributed by atoms with van der Waals surface area (Å²) < 4.78 is 5.01. The molecule has 0 amide bonds. The minimum absolute atomic E-state index is 0.788. The van der Waals surface area contributed by atoms with E-state index in [0.29, 0.717) is 0 Å². The number of furan rings is 1. The van der Waals surface area contributed by atoms with Gasteiger partial charge in [-0.05, 0) is 13.0 Å². The highest BCUT2D eigenvalue weighted by Gasteiger charge is 2.07. The van der Waals surface area contributed by atoms with Gasteiger partial charge in [-0.3, -0.25) is 4.98 Å². The molecule has 0 atom stereocenters. The van der Waals surface area contributed by atoms with Crippen LogP contribution in [0.25, 0.3) is 11.3 Å². The molecule has 2 aromatic heterocycles. The summed E-state index contributed by atoms with van der Waals surface area (Å²) in [6.45, 7) is 2.84. The SMILES string of the molecule is CCNc1nccnc1-c1ccoc1. The Labute approximate surface area is 82.0 Å². The first-order chi connectivity index (χ1) is 6.92. The zero-order valence-corrected chi connectivity index (χ0v) is 7.90. The number of hydrogen-bond donors (Lipinski definition) is 1. The molecule has 14 heavy (non-hydrogen) atoms. The van der Waals surface area contributed by atoms with E-state index in [1.54, 1.807) is 24.9 Å². The maximum Gasteiger partial charge on any atom is 0.152 e. The van der Waals surface area contributed by atoms with Crippen LogP contribution >= 0.6 is 0 Å². The van der Waals surface area contributed by atoms with Crippen LogP contribution in [0.5, 0.6) is 0 Å². The lowest BCUT2D eigenvalue weighted by molar-refractivity contribution is 0.568. The molecule has 0 saturated carbocycles. The molecular formula is C10H11N3O. The van der Waals surface area contributed by atoms with Crippen molar-refractivity contribution in [2.75, 3.05) is 11.9 Å². The molecule has 0 aliphatic carbocycles. The Hall–Kier alpha value is -1.84. The fourth-order valence-electron chi connectivity index (χ4n) is 1.25. The van der Waals surface area contributed by atoms with Crippen molar-refractivity contribution in [3.8, 4) is 11.3 Å². The lowest BCUT2D eigenvalue weighted by atomic mass is 10.2. The van der Waals surface area contributed by atoms with E-state index in [1.807, 2.05) is 13.0 Å². The summed E-state index contributed by atoms with van der Waals surface area (Å²) in [6, 6.07) is 1.87. The fourth-order valence-corrected chi connectivity index (χ4v) is 1.25. The summed E-state index contributed by atoms with van der Waals surface area (Å²) in [5, 5.41) is 3.15. The number of aromatic nitrogens is 2. The number of nitrogens with one attached hydrogen (secondary N) is 1. The number of anilines is 1. The molecule has 0 fully saturated rings. The second-order valence-corrected chi connectivity index (χ2v) is 2.80. The summed E-state index contributed by atoms with van der Waals surface area (Å²) >= 11 is 0. The van der Waals surface area contributed by atoms with Gasteiger partial charge in [0.2, 0.25) is 0 Å². The summed E-state index contributed by atoms with van der Waals surface area (Å²) in [6.07, 6.45) is 6.62. The first-order valence-electron chi connectivity index (χ1n) is 4.49. The fraction of sp³-hybridized carbons (Fsp3) is 0.200. The van der Waals surface area contributed by atoms with E-state index >= 15 is 0 Å². The van der Waals surface area contributed by atoms with Crippen LogP contribution in [0.2, 0.25) is 0 Å². The third-order valence-electron chi connectivity index (χ3n) is 1.84. The normalized spacial score (nSPS) is 10.1. The summed E-state index contributed by atoms with van der Waals surface area (Å²) in [4.78, 5) is 8.46. The minimum Gasteiger partial charge on any atom is -0.472 e. The van der Waals surface area contributed by atoms with Crippen LogP contribution in [0.1, 0.15) is 6.92 Å². The maximum atomic E-state index is 5.01. The van der Waals surface area contributed by atoms with Gasteiger partial charge in [0.05, 0.1) is 12.5 Å². The molecule has 0 aromatic carbocycles. The second-order valence-electron chi connectivity index (χ2n) is 2.80. The molecule has 0 spiro atoms. The summed E-state index contributed by atoms with van der Waals surface area (Å²) in [5.74, 6) is 0.788. The highest BCUT2D eigenvalue weighted by Crippen LogP contribution is 2.23. The minimum atomic E-state index is 0.788. The van der Waals surface area contributed by atoms with Crippen molar-refractivity contribution in [2.45, 2.75) is 6.92 Å². The third kappa shape index (κ3) is 1.59. The smallest absolute Gasteiger partial charge is 0.152 e. The number of rotatable bonds is 3. The Morgan fingerprint density at radius 1 is 1.36 bits per heavy atom. The maximum absolute atomic E-state index is 5.01. The van der Waals surface area contributed by atoms with Crippen LogP contribution in [0.15, 0.2) is 35.4 Å². The van der Waals surface area contributed by atoms with Gasteiger partial charge in [-0.25, -0.2) is 4.98 Å². The van der Waals surface area contributed by atoms with Crippen LogP contribution in [-0.4, -0.2) is 16.5 Å². The molecular weight excluding hydrogens is 178 g/mol. The third-order valence-corrected chi connectivity index (χ3v) is 1.84. The predicted octanol–water partition coefficient (Wildman–Crippen LogP) is 2.17. The van der Waals surface area contributed by atoms with Crippen molar-refractivity contribution in [3.05, 3.63) is 31.0 Å². The quantitative estimate of drug-likeness (QED) is 0.803. The Balaban J connectivity index is 2.42. The molecule has 0 aliphatic rings. The lowest BCUT2D eigenvalue weighted by Crippen LogP contribution is -2.01. The molecule has 4 nitrogen and oxygen atoms in total. The molecule has 4 heteroatoms. The van der Waals surface area contributed by atoms with Gasteiger partial charge in [0.1, 0.15) is 5.69 Å². The van der Waals surface area contributed by atoms with Crippen molar-refractivity contribution in [3.63, 3.8) is 0 Å². The van der Waals surface area contributed by atoms with Crippen molar-refractivity contribution in [1.82, 2.24) is 9.97 Å². The zero-order chi connectivity index (χ0) is 9.80. The Morgan fingerprint density at radius 2 is 2.21 bits per heavy atom. The second kappa shape index (κ2) is 3.91. The van der Waals surface area contributed by atoms with Gasteiger partial charge < -0.3 is 9.73 Å². The van der Waals surface area contributed by atoms with Crippen LogP contribution in [0.3, 0.4) is 0 Å². The first kappa shape index (κ1) is 8.74. The molecule has 0 aliphatic heterocycles. The van der Waals surface area contributed by atoms with Gasteiger partial charge in [0, 0.05) is 24.5 Å². The van der Waals surface area contributed by atoms with E-state index < -0.39 is 0 Å².